The zero-order chi connectivity index (χ0) is 9.19. The van der Waals surface area contributed by atoms with Crippen LogP contribution in [0.5, 0.6) is 0 Å². The van der Waals surface area contributed by atoms with Gasteiger partial charge in [-0.15, -0.1) is 0 Å². The average molecular weight is 230 g/mol. The first-order valence-electron chi connectivity index (χ1n) is 3.84. The molecule has 0 unspecified atom stereocenters. The molecule has 0 aliphatic heterocycles. The fraction of sp³-hybridized carbons (Fsp3) is 0.300. The minimum Gasteiger partial charge on any atom is -0.481 e. The summed E-state index contributed by atoms with van der Waals surface area (Å²) in [6, 6.07) is 9.23. The van der Waals surface area contributed by atoms with E-state index >= 15 is 0 Å². The van der Waals surface area contributed by atoms with Crippen LogP contribution in [0.25, 0.3) is 0 Å². The van der Waals surface area contributed by atoms with Gasteiger partial charge in [-0.25, -0.2) is 0 Å². The summed E-state index contributed by atoms with van der Waals surface area (Å²) in [6.45, 7) is 3.40. The van der Waals surface area contributed by atoms with E-state index in [1.807, 2.05) is 30.3 Å². The molecule has 13 heavy (non-hydrogen) atoms. The Bertz CT molecular complexity index is 280. The van der Waals surface area contributed by atoms with Gasteiger partial charge in [0.05, 0.1) is 5.41 Å². The SMILES string of the molecule is CC(C)(C(=O)O)c1ccccc1.[Zn]. The predicted molar refractivity (Wildman–Crippen MR) is 47.1 cm³/mol. The van der Waals surface area contributed by atoms with Crippen LogP contribution < -0.4 is 0 Å². The Morgan fingerprint density at radius 2 is 1.69 bits per heavy atom. The molecule has 0 saturated carbocycles. The number of benzene rings is 1. The van der Waals surface area contributed by atoms with Crippen molar-refractivity contribution in [3.05, 3.63) is 35.9 Å². The number of carboxylic acids is 1. The largest absolute Gasteiger partial charge is 0.481 e. The number of carbonyl (C=O) groups is 1. The van der Waals surface area contributed by atoms with Gasteiger partial charge in [0.1, 0.15) is 0 Å². The molecule has 1 aromatic rings. The van der Waals surface area contributed by atoms with Gasteiger partial charge in [0, 0.05) is 19.5 Å². The molecular weight excluding hydrogens is 217 g/mol. The number of hydrogen-bond donors (Lipinski definition) is 1. The fourth-order valence-electron chi connectivity index (χ4n) is 0.978. The number of hydrogen-bond acceptors (Lipinski definition) is 1. The molecule has 1 aromatic carbocycles. The summed E-state index contributed by atoms with van der Waals surface area (Å²) in [5.41, 5.74) is 0.0406. The molecule has 0 atom stereocenters. The molecule has 0 saturated heterocycles. The topological polar surface area (TPSA) is 37.3 Å². The van der Waals surface area contributed by atoms with E-state index in [2.05, 4.69) is 0 Å². The van der Waals surface area contributed by atoms with Crippen LogP contribution in [0.15, 0.2) is 30.3 Å². The minimum atomic E-state index is -0.797. The van der Waals surface area contributed by atoms with Crippen LogP contribution in [-0.4, -0.2) is 11.1 Å². The maximum absolute atomic E-state index is 10.8. The molecule has 0 aliphatic rings. The first-order valence-corrected chi connectivity index (χ1v) is 3.84. The molecule has 0 aromatic heterocycles. The summed E-state index contributed by atoms with van der Waals surface area (Å²) in [5, 5.41) is 8.89. The predicted octanol–water partition coefficient (Wildman–Crippen LogP) is 2.05. The second-order valence-electron chi connectivity index (χ2n) is 3.30. The first-order chi connectivity index (χ1) is 5.55. The van der Waals surface area contributed by atoms with Gasteiger partial charge >= 0.3 is 5.97 Å². The van der Waals surface area contributed by atoms with Gasteiger partial charge in [-0.05, 0) is 19.4 Å². The van der Waals surface area contributed by atoms with Crippen molar-refractivity contribution in [2.24, 2.45) is 0 Å². The van der Waals surface area contributed by atoms with Crippen LogP contribution in [0.1, 0.15) is 19.4 Å². The van der Waals surface area contributed by atoms with Crippen molar-refractivity contribution in [2.75, 3.05) is 0 Å². The van der Waals surface area contributed by atoms with Gasteiger partial charge in [0.25, 0.3) is 0 Å². The van der Waals surface area contributed by atoms with Gasteiger partial charge in [0.2, 0.25) is 0 Å². The Morgan fingerprint density at radius 3 is 2.08 bits per heavy atom. The molecule has 2 nitrogen and oxygen atoms in total. The number of carboxylic acid groups (broad SMARTS) is 1. The summed E-state index contributed by atoms with van der Waals surface area (Å²) >= 11 is 0. The van der Waals surface area contributed by atoms with Crippen molar-refractivity contribution in [2.45, 2.75) is 19.3 Å². The zero-order valence-corrected chi connectivity index (χ0v) is 10.9. The van der Waals surface area contributed by atoms with Gasteiger partial charge < -0.3 is 5.11 Å². The van der Waals surface area contributed by atoms with E-state index in [0.717, 1.165) is 5.56 Å². The standard InChI is InChI=1S/C10H12O2.Zn/c1-10(2,9(11)12)8-6-4-3-5-7-8;/h3-7H,1-2H3,(H,11,12);. The van der Waals surface area contributed by atoms with E-state index in [0.29, 0.717) is 0 Å². The van der Waals surface area contributed by atoms with Crippen molar-refractivity contribution in [1.82, 2.24) is 0 Å². The van der Waals surface area contributed by atoms with Crippen LogP contribution in [0.2, 0.25) is 0 Å². The third-order valence-electron chi connectivity index (χ3n) is 2.03. The summed E-state index contributed by atoms with van der Waals surface area (Å²) in [4.78, 5) is 10.8. The van der Waals surface area contributed by atoms with Crippen molar-refractivity contribution in [3.8, 4) is 0 Å². The van der Waals surface area contributed by atoms with E-state index in [1.165, 1.54) is 0 Å². The van der Waals surface area contributed by atoms with Crippen LogP contribution >= 0.6 is 0 Å². The van der Waals surface area contributed by atoms with Gasteiger partial charge in [-0.1, -0.05) is 30.3 Å². The van der Waals surface area contributed by atoms with Crippen molar-refractivity contribution < 1.29 is 29.4 Å². The third kappa shape index (κ3) is 2.63. The summed E-state index contributed by atoms with van der Waals surface area (Å²) in [7, 11) is 0. The quantitative estimate of drug-likeness (QED) is 0.788. The summed E-state index contributed by atoms with van der Waals surface area (Å²) in [5.74, 6) is -0.797. The molecule has 1 N–H and O–H groups in total. The van der Waals surface area contributed by atoms with E-state index in [9.17, 15) is 4.79 Å². The Hall–Kier alpha value is -0.687. The second kappa shape index (κ2) is 4.52. The van der Waals surface area contributed by atoms with Crippen molar-refractivity contribution >= 4 is 5.97 Å². The van der Waals surface area contributed by atoms with Gasteiger partial charge in [-0.3, -0.25) is 4.79 Å². The zero-order valence-electron chi connectivity index (χ0n) is 7.95. The van der Waals surface area contributed by atoms with Crippen molar-refractivity contribution in [3.63, 3.8) is 0 Å². The molecule has 3 heteroatoms. The number of rotatable bonds is 2. The summed E-state index contributed by atoms with van der Waals surface area (Å²) in [6.07, 6.45) is 0. The third-order valence-corrected chi connectivity index (χ3v) is 2.03. The molecule has 66 valence electrons. The molecule has 0 aliphatic carbocycles. The van der Waals surface area contributed by atoms with Gasteiger partial charge in [-0.2, -0.15) is 0 Å². The van der Waals surface area contributed by atoms with E-state index in [4.69, 9.17) is 5.11 Å². The molecular formula is C10H12O2Zn. The fourth-order valence-corrected chi connectivity index (χ4v) is 0.978. The molecule has 0 fully saturated rings. The van der Waals surface area contributed by atoms with Gasteiger partial charge in [0.15, 0.2) is 0 Å². The monoisotopic (exact) mass is 228 g/mol. The Balaban J connectivity index is 0.00000144. The van der Waals surface area contributed by atoms with Crippen LogP contribution in [0.4, 0.5) is 0 Å². The number of aliphatic carboxylic acids is 1. The van der Waals surface area contributed by atoms with E-state index in [-0.39, 0.29) is 19.5 Å². The Labute approximate surface area is 90.7 Å². The maximum atomic E-state index is 10.8. The normalized spacial score (nSPS) is 10.3. The second-order valence-corrected chi connectivity index (χ2v) is 3.30. The van der Waals surface area contributed by atoms with Crippen LogP contribution in [-0.2, 0) is 29.7 Å². The Morgan fingerprint density at radius 1 is 1.23 bits per heavy atom. The van der Waals surface area contributed by atoms with Crippen LogP contribution in [0, 0.1) is 0 Å². The maximum Gasteiger partial charge on any atom is 0.313 e. The molecule has 1 rings (SSSR count). The average Bonchev–Trinajstić information content (AvgIpc) is 2.06. The first kappa shape index (κ1) is 12.3. The summed E-state index contributed by atoms with van der Waals surface area (Å²) < 4.78 is 0. The van der Waals surface area contributed by atoms with Crippen LogP contribution in [0.3, 0.4) is 0 Å². The minimum absolute atomic E-state index is 0. The Kier molecular flexibility index (Phi) is 4.28. The van der Waals surface area contributed by atoms with E-state index < -0.39 is 11.4 Å². The molecule has 0 heterocycles. The molecule has 0 amide bonds. The van der Waals surface area contributed by atoms with E-state index in [1.54, 1.807) is 13.8 Å². The molecule has 0 bridgehead atoms. The molecule has 0 spiro atoms. The smallest absolute Gasteiger partial charge is 0.313 e. The molecule has 0 radical (unpaired) electrons. The van der Waals surface area contributed by atoms with Crippen molar-refractivity contribution in [1.29, 1.82) is 0 Å².